The summed E-state index contributed by atoms with van der Waals surface area (Å²) in [5.41, 5.74) is 3.05. The van der Waals surface area contributed by atoms with E-state index in [0.29, 0.717) is 17.9 Å². The predicted octanol–water partition coefficient (Wildman–Crippen LogP) is 2.69. The van der Waals surface area contributed by atoms with Crippen molar-refractivity contribution in [2.24, 2.45) is 0 Å². The molecule has 28 heavy (non-hydrogen) atoms. The largest absolute Gasteiger partial charge is 0.344 e. The van der Waals surface area contributed by atoms with Crippen molar-refractivity contribution in [3.8, 4) is 17.2 Å². The van der Waals surface area contributed by atoms with Crippen molar-refractivity contribution >= 4 is 5.91 Å². The van der Waals surface area contributed by atoms with Gasteiger partial charge >= 0.3 is 11.8 Å². The van der Waals surface area contributed by atoms with Crippen molar-refractivity contribution in [1.29, 1.82) is 0 Å². The molecule has 0 bridgehead atoms. The fourth-order valence-electron chi connectivity index (χ4n) is 2.47. The Kier molecular flexibility index (Phi) is 4.63. The molecule has 0 saturated heterocycles. The van der Waals surface area contributed by atoms with Gasteiger partial charge < -0.3 is 9.84 Å². The zero-order valence-corrected chi connectivity index (χ0v) is 14.8. The lowest BCUT2D eigenvalue weighted by molar-refractivity contribution is 0.0907. The Hall–Kier alpha value is -3.88. The van der Waals surface area contributed by atoms with Gasteiger partial charge in [-0.3, -0.25) is 4.79 Å². The number of hydrogen-bond acceptors (Lipinski definition) is 6. The molecule has 0 radical (unpaired) electrons. The fraction of sp³-hybridized carbons (Fsp3) is 0.105. The highest BCUT2D eigenvalue weighted by atomic mass is 19.1. The molecular formula is C19H15FN6O2. The van der Waals surface area contributed by atoms with Crippen LogP contribution in [0.1, 0.15) is 21.8 Å². The summed E-state index contributed by atoms with van der Waals surface area (Å²) in [6.45, 7) is 2.34. The van der Waals surface area contributed by atoms with Crippen molar-refractivity contribution in [3.63, 3.8) is 0 Å². The standard InChI is InChI=1S/C19H15FN6O2/c1-12-2-4-13(5-3-12)10-21-18(27)19-22-17(24-28-19)16-11-26(25-23-16)15-8-6-14(20)7-9-15/h2-9,11H,10H2,1H3,(H,21,27). The number of aryl methyl sites for hydroxylation is 1. The van der Waals surface area contributed by atoms with Crippen LogP contribution in [0.5, 0.6) is 0 Å². The molecule has 4 aromatic rings. The molecule has 0 saturated carbocycles. The number of nitrogens with zero attached hydrogens (tertiary/aromatic N) is 5. The van der Waals surface area contributed by atoms with E-state index in [0.717, 1.165) is 11.1 Å². The second-order valence-electron chi connectivity index (χ2n) is 6.12. The maximum Gasteiger partial charge on any atom is 0.316 e. The Balaban J connectivity index is 1.44. The van der Waals surface area contributed by atoms with Crippen LogP contribution in [0.25, 0.3) is 17.2 Å². The quantitative estimate of drug-likeness (QED) is 0.573. The molecule has 8 nitrogen and oxygen atoms in total. The first-order valence-corrected chi connectivity index (χ1v) is 8.44. The zero-order valence-electron chi connectivity index (χ0n) is 14.8. The normalized spacial score (nSPS) is 10.8. The van der Waals surface area contributed by atoms with Crippen LogP contribution in [0.2, 0.25) is 0 Å². The number of nitrogens with one attached hydrogen (secondary N) is 1. The lowest BCUT2D eigenvalue weighted by Crippen LogP contribution is -2.23. The summed E-state index contributed by atoms with van der Waals surface area (Å²) in [4.78, 5) is 16.3. The highest BCUT2D eigenvalue weighted by Crippen LogP contribution is 2.15. The Labute approximate surface area is 159 Å². The number of carbonyl (C=O) groups excluding carboxylic acids is 1. The number of carbonyl (C=O) groups is 1. The molecule has 1 amide bonds. The van der Waals surface area contributed by atoms with E-state index in [1.54, 1.807) is 18.3 Å². The molecule has 2 aromatic carbocycles. The van der Waals surface area contributed by atoms with Crippen molar-refractivity contribution < 1.29 is 13.7 Å². The number of rotatable bonds is 5. The fourth-order valence-corrected chi connectivity index (χ4v) is 2.47. The van der Waals surface area contributed by atoms with Gasteiger partial charge in [-0.15, -0.1) is 5.10 Å². The molecule has 140 valence electrons. The molecule has 0 aliphatic heterocycles. The van der Waals surface area contributed by atoms with Gasteiger partial charge in [0.1, 0.15) is 5.82 Å². The number of amides is 1. The zero-order chi connectivity index (χ0) is 19.5. The smallest absolute Gasteiger partial charge is 0.316 e. The molecule has 0 aliphatic rings. The van der Waals surface area contributed by atoms with Gasteiger partial charge in [0.15, 0.2) is 5.69 Å². The molecule has 9 heteroatoms. The van der Waals surface area contributed by atoms with E-state index in [9.17, 15) is 9.18 Å². The summed E-state index contributed by atoms with van der Waals surface area (Å²) in [5.74, 6) is -0.860. The lowest BCUT2D eigenvalue weighted by Gasteiger charge is -2.02. The summed E-state index contributed by atoms with van der Waals surface area (Å²) in [6, 6.07) is 13.6. The van der Waals surface area contributed by atoms with E-state index in [1.807, 2.05) is 31.2 Å². The van der Waals surface area contributed by atoms with Gasteiger partial charge in [0.05, 0.1) is 11.9 Å². The first-order chi connectivity index (χ1) is 13.6. The predicted molar refractivity (Wildman–Crippen MR) is 97.0 cm³/mol. The molecule has 0 atom stereocenters. The maximum absolute atomic E-state index is 13.0. The van der Waals surface area contributed by atoms with Crippen molar-refractivity contribution in [1.82, 2.24) is 30.5 Å². The Bertz CT molecular complexity index is 1100. The molecule has 2 aromatic heterocycles. The highest BCUT2D eigenvalue weighted by Gasteiger charge is 2.18. The van der Waals surface area contributed by atoms with Crippen LogP contribution in [0.4, 0.5) is 4.39 Å². The number of hydrogen-bond donors (Lipinski definition) is 1. The number of aromatic nitrogens is 5. The van der Waals surface area contributed by atoms with Gasteiger partial charge in [0, 0.05) is 6.54 Å². The third-order valence-electron chi connectivity index (χ3n) is 4.01. The first-order valence-electron chi connectivity index (χ1n) is 8.44. The first kappa shape index (κ1) is 17.5. The van der Waals surface area contributed by atoms with Crippen LogP contribution in [-0.2, 0) is 6.54 Å². The van der Waals surface area contributed by atoms with E-state index < -0.39 is 5.91 Å². The second kappa shape index (κ2) is 7.39. The topological polar surface area (TPSA) is 98.7 Å². The Morgan fingerprint density at radius 2 is 1.89 bits per heavy atom. The third-order valence-corrected chi connectivity index (χ3v) is 4.01. The van der Waals surface area contributed by atoms with Gasteiger partial charge in [-0.05, 0) is 36.8 Å². The molecule has 0 unspecified atom stereocenters. The van der Waals surface area contributed by atoms with E-state index in [-0.39, 0.29) is 17.5 Å². The highest BCUT2D eigenvalue weighted by molar-refractivity contribution is 5.89. The van der Waals surface area contributed by atoms with Crippen molar-refractivity contribution in [2.75, 3.05) is 0 Å². The van der Waals surface area contributed by atoms with Crippen LogP contribution in [0, 0.1) is 12.7 Å². The molecule has 0 fully saturated rings. The second-order valence-corrected chi connectivity index (χ2v) is 6.12. The maximum atomic E-state index is 13.0. The monoisotopic (exact) mass is 378 g/mol. The van der Waals surface area contributed by atoms with Crippen LogP contribution in [-0.4, -0.2) is 31.0 Å². The van der Waals surface area contributed by atoms with Gasteiger partial charge in [0.2, 0.25) is 5.82 Å². The minimum atomic E-state index is -0.481. The molecule has 0 aliphatic carbocycles. The van der Waals surface area contributed by atoms with Crippen LogP contribution in [0.15, 0.2) is 59.3 Å². The molecule has 4 rings (SSSR count). The van der Waals surface area contributed by atoms with Gasteiger partial charge in [-0.2, -0.15) is 4.98 Å². The van der Waals surface area contributed by atoms with Crippen LogP contribution >= 0.6 is 0 Å². The van der Waals surface area contributed by atoms with E-state index in [1.165, 1.54) is 16.8 Å². The SMILES string of the molecule is Cc1ccc(CNC(=O)c2nc(-c3cn(-c4ccc(F)cc4)nn3)no2)cc1. The molecule has 2 heterocycles. The number of halogens is 1. The minimum Gasteiger partial charge on any atom is -0.344 e. The summed E-state index contributed by atoms with van der Waals surface area (Å²) in [6.07, 6.45) is 1.56. The van der Waals surface area contributed by atoms with Crippen molar-refractivity contribution in [2.45, 2.75) is 13.5 Å². The van der Waals surface area contributed by atoms with E-state index >= 15 is 0 Å². The van der Waals surface area contributed by atoms with E-state index in [4.69, 9.17) is 4.52 Å². The molecular weight excluding hydrogens is 363 g/mol. The summed E-state index contributed by atoms with van der Waals surface area (Å²) < 4.78 is 19.5. The van der Waals surface area contributed by atoms with Gasteiger partial charge in [-0.25, -0.2) is 9.07 Å². The minimum absolute atomic E-state index is 0.133. The van der Waals surface area contributed by atoms with Gasteiger partial charge in [-0.1, -0.05) is 40.2 Å². The summed E-state index contributed by atoms with van der Waals surface area (Å²) in [5, 5.41) is 14.4. The Morgan fingerprint density at radius 3 is 2.64 bits per heavy atom. The third kappa shape index (κ3) is 3.78. The van der Waals surface area contributed by atoms with E-state index in [2.05, 4.69) is 25.8 Å². The average molecular weight is 378 g/mol. The van der Waals surface area contributed by atoms with Gasteiger partial charge in [0.25, 0.3) is 0 Å². The summed E-state index contributed by atoms with van der Waals surface area (Å²) >= 11 is 0. The van der Waals surface area contributed by atoms with Crippen LogP contribution < -0.4 is 5.32 Å². The average Bonchev–Trinajstić information content (AvgIpc) is 3.37. The number of benzene rings is 2. The van der Waals surface area contributed by atoms with Crippen molar-refractivity contribution in [3.05, 3.63) is 77.6 Å². The molecule has 1 N–H and O–H groups in total. The lowest BCUT2D eigenvalue weighted by atomic mass is 10.1. The molecule has 0 spiro atoms. The van der Waals surface area contributed by atoms with Crippen LogP contribution in [0.3, 0.4) is 0 Å². The Morgan fingerprint density at radius 1 is 1.14 bits per heavy atom. The summed E-state index contributed by atoms with van der Waals surface area (Å²) in [7, 11) is 0.